The van der Waals surface area contributed by atoms with Crippen molar-refractivity contribution in [2.45, 2.75) is 59.4 Å². The van der Waals surface area contributed by atoms with Crippen LogP contribution in [0.5, 0.6) is 11.5 Å². The lowest BCUT2D eigenvalue weighted by molar-refractivity contribution is 0.0930. The number of allylic oxidation sites excluding steroid dienone is 2. The summed E-state index contributed by atoms with van der Waals surface area (Å²) in [5, 5.41) is 3.15. The Morgan fingerprint density at radius 1 is 1.03 bits per heavy atom. The van der Waals surface area contributed by atoms with Crippen LogP contribution in [0, 0.1) is 5.41 Å². The predicted octanol–water partition coefficient (Wildman–Crippen LogP) is 5.46. The summed E-state index contributed by atoms with van der Waals surface area (Å²) in [6, 6.07) is 6.27. The fraction of sp³-hybridized carbons (Fsp3) is 0.500. The van der Waals surface area contributed by atoms with Crippen LogP contribution >= 0.6 is 0 Å². The molecule has 2 aliphatic rings. The number of aryl methyl sites for hydroxylation is 1. The van der Waals surface area contributed by atoms with Crippen molar-refractivity contribution in [3.05, 3.63) is 41.1 Å². The molecule has 0 spiro atoms. The van der Waals surface area contributed by atoms with E-state index in [0.717, 1.165) is 54.3 Å². The van der Waals surface area contributed by atoms with E-state index in [1.807, 2.05) is 0 Å². The maximum atomic E-state index is 13.2. The van der Waals surface area contributed by atoms with Crippen LogP contribution in [0.4, 0.5) is 0 Å². The number of nitrogens with zero attached hydrogens (tertiary/aromatic N) is 1. The van der Waals surface area contributed by atoms with Gasteiger partial charge in [0.1, 0.15) is 5.69 Å². The minimum absolute atomic E-state index is 0.00256. The van der Waals surface area contributed by atoms with Gasteiger partial charge >= 0.3 is 0 Å². The van der Waals surface area contributed by atoms with Crippen molar-refractivity contribution >= 4 is 11.5 Å². The maximum Gasteiger partial charge on any atom is 0.267 e. The fourth-order valence-electron chi connectivity index (χ4n) is 4.60. The number of hydrogen-bond acceptors (Lipinski definition) is 3. The molecule has 0 atom stereocenters. The molecule has 1 amide bonds. The second-order valence-corrected chi connectivity index (χ2v) is 9.78. The number of methoxy groups -OCH3 is 2. The number of fused-ring (bicyclic) bond motifs is 3. The molecule has 1 aliphatic heterocycles. The van der Waals surface area contributed by atoms with E-state index in [1.54, 1.807) is 14.2 Å². The number of nitrogens with one attached hydrogen (secondary N) is 1. The largest absolute Gasteiger partial charge is 0.493 e. The molecular weight excluding hydrogens is 388 g/mol. The highest BCUT2D eigenvalue weighted by molar-refractivity contribution is 5.97. The monoisotopic (exact) mass is 422 g/mol. The molecule has 1 N–H and O–H groups in total. The van der Waals surface area contributed by atoms with E-state index in [1.165, 1.54) is 29.5 Å². The zero-order valence-electron chi connectivity index (χ0n) is 19.4. The van der Waals surface area contributed by atoms with Crippen LogP contribution in [0.1, 0.15) is 68.1 Å². The first-order valence-electron chi connectivity index (χ1n) is 11.3. The summed E-state index contributed by atoms with van der Waals surface area (Å²) in [5.74, 6) is 1.48. The first-order chi connectivity index (χ1) is 14.8. The average molecular weight is 423 g/mol. The van der Waals surface area contributed by atoms with Crippen molar-refractivity contribution in [1.82, 2.24) is 9.88 Å². The molecular formula is C26H34N2O3. The standard InChI is InChI=1S/C26H34N2O3/c1-26(2,3)16-27-25(29)21-14-19(17-9-7-6-8-10-17)24-20-15-23(31-5)22(30-4)13-18(20)11-12-28(21)24/h9,13-15H,6-8,10-12,16H2,1-5H3,(H,27,29). The molecule has 4 rings (SSSR count). The first kappa shape index (κ1) is 21.5. The molecule has 1 aromatic carbocycles. The lowest BCUT2D eigenvalue weighted by Gasteiger charge is -2.25. The molecule has 31 heavy (non-hydrogen) atoms. The molecule has 0 unspecified atom stereocenters. The first-order valence-corrected chi connectivity index (χ1v) is 11.3. The minimum Gasteiger partial charge on any atom is -0.493 e. The molecule has 2 aromatic rings. The summed E-state index contributed by atoms with van der Waals surface area (Å²) < 4.78 is 13.3. The third-order valence-corrected chi connectivity index (χ3v) is 6.21. The Labute approximate surface area is 185 Å². The van der Waals surface area contributed by atoms with Gasteiger partial charge in [0, 0.05) is 24.2 Å². The second kappa shape index (κ2) is 8.45. The van der Waals surface area contributed by atoms with E-state index in [4.69, 9.17) is 9.47 Å². The van der Waals surface area contributed by atoms with E-state index in [-0.39, 0.29) is 11.3 Å². The van der Waals surface area contributed by atoms with Gasteiger partial charge in [-0.1, -0.05) is 26.8 Å². The van der Waals surface area contributed by atoms with Crippen LogP contribution in [-0.2, 0) is 13.0 Å². The number of aromatic nitrogens is 1. The molecule has 0 saturated heterocycles. The number of amides is 1. The smallest absolute Gasteiger partial charge is 0.267 e. The Bertz CT molecular complexity index is 1020. The van der Waals surface area contributed by atoms with Crippen LogP contribution in [-0.4, -0.2) is 31.2 Å². The lowest BCUT2D eigenvalue weighted by atomic mass is 9.89. The molecule has 0 radical (unpaired) electrons. The van der Waals surface area contributed by atoms with Crippen LogP contribution in [0.3, 0.4) is 0 Å². The average Bonchev–Trinajstić information content (AvgIpc) is 3.16. The van der Waals surface area contributed by atoms with Crippen molar-refractivity contribution in [3.8, 4) is 22.8 Å². The quantitative estimate of drug-likeness (QED) is 0.696. The summed E-state index contributed by atoms with van der Waals surface area (Å²) in [7, 11) is 3.34. The van der Waals surface area contributed by atoms with Gasteiger partial charge < -0.3 is 19.4 Å². The summed E-state index contributed by atoms with van der Waals surface area (Å²) in [6.07, 6.45) is 7.80. The van der Waals surface area contributed by atoms with E-state index < -0.39 is 0 Å². The van der Waals surface area contributed by atoms with Crippen molar-refractivity contribution in [3.63, 3.8) is 0 Å². The zero-order valence-corrected chi connectivity index (χ0v) is 19.4. The molecule has 0 fully saturated rings. The second-order valence-electron chi connectivity index (χ2n) is 9.78. The Kier molecular flexibility index (Phi) is 5.87. The lowest BCUT2D eigenvalue weighted by Crippen LogP contribution is -2.33. The third-order valence-electron chi connectivity index (χ3n) is 6.21. The summed E-state index contributed by atoms with van der Waals surface area (Å²) >= 11 is 0. The van der Waals surface area contributed by atoms with Gasteiger partial charge in [-0.15, -0.1) is 0 Å². The van der Waals surface area contributed by atoms with Crippen molar-refractivity contribution in [2.24, 2.45) is 5.41 Å². The molecule has 5 heteroatoms. The van der Waals surface area contributed by atoms with Gasteiger partial charge in [0.15, 0.2) is 11.5 Å². The number of carbonyl (C=O) groups is 1. The minimum atomic E-state index is 0.00256. The van der Waals surface area contributed by atoms with E-state index >= 15 is 0 Å². The molecule has 0 bridgehead atoms. The predicted molar refractivity (Wildman–Crippen MR) is 125 cm³/mol. The molecule has 0 saturated carbocycles. The van der Waals surface area contributed by atoms with E-state index in [2.05, 4.69) is 54.9 Å². The highest BCUT2D eigenvalue weighted by atomic mass is 16.5. The molecule has 5 nitrogen and oxygen atoms in total. The summed E-state index contributed by atoms with van der Waals surface area (Å²) in [6.45, 7) is 7.83. The van der Waals surface area contributed by atoms with Gasteiger partial charge in [0.25, 0.3) is 5.91 Å². The van der Waals surface area contributed by atoms with Crippen molar-refractivity contribution < 1.29 is 14.3 Å². The Morgan fingerprint density at radius 3 is 2.42 bits per heavy atom. The van der Waals surface area contributed by atoms with Gasteiger partial charge in [-0.2, -0.15) is 0 Å². The number of carbonyl (C=O) groups excluding carboxylic acids is 1. The molecule has 166 valence electrons. The van der Waals surface area contributed by atoms with Gasteiger partial charge in [-0.05, 0) is 66.9 Å². The topological polar surface area (TPSA) is 52.5 Å². The number of rotatable bonds is 5. The van der Waals surface area contributed by atoms with Crippen LogP contribution in [0.15, 0.2) is 24.3 Å². The van der Waals surface area contributed by atoms with Gasteiger partial charge in [0.2, 0.25) is 0 Å². The van der Waals surface area contributed by atoms with Crippen molar-refractivity contribution in [1.29, 1.82) is 0 Å². The Hall–Kier alpha value is -2.69. The highest BCUT2D eigenvalue weighted by Gasteiger charge is 2.29. The van der Waals surface area contributed by atoms with Crippen LogP contribution in [0.2, 0.25) is 0 Å². The number of benzene rings is 1. The van der Waals surface area contributed by atoms with E-state index in [9.17, 15) is 4.79 Å². The Morgan fingerprint density at radius 2 is 1.77 bits per heavy atom. The summed E-state index contributed by atoms with van der Waals surface area (Å²) in [5.41, 5.74) is 6.85. The summed E-state index contributed by atoms with van der Waals surface area (Å²) in [4.78, 5) is 13.2. The fourth-order valence-corrected chi connectivity index (χ4v) is 4.60. The number of hydrogen-bond donors (Lipinski definition) is 1. The zero-order chi connectivity index (χ0) is 22.2. The molecule has 1 aliphatic carbocycles. The molecule has 1 aromatic heterocycles. The van der Waals surface area contributed by atoms with Crippen LogP contribution < -0.4 is 14.8 Å². The van der Waals surface area contributed by atoms with Crippen molar-refractivity contribution in [2.75, 3.05) is 20.8 Å². The van der Waals surface area contributed by atoms with E-state index in [0.29, 0.717) is 6.54 Å². The molecule has 2 heterocycles. The Balaban J connectivity index is 1.85. The normalized spacial score (nSPS) is 15.6. The van der Waals surface area contributed by atoms with Gasteiger partial charge in [0.05, 0.1) is 19.9 Å². The van der Waals surface area contributed by atoms with Crippen LogP contribution in [0.25, 0.3) is 16.8 Å². The van der Waals surface area contributed by atoms with Gasteiger partial charge in [-0.3, -0.25) is 4.79 Å². The third kappa shape index (κ3) is 4.23. The number of ether oxygens (including phenoxy) is 2. The highest BCUT2D eigenvalue weighted by Crippen LogP contribution is 2.44. The van der Waals surface area contributed by atoms with Gasteiger partial charge in [-0.25, -0.2) is 0 Å². The SMILES string of the molecule is COc1cc2c(cc1OC)-c1c(C3=CCCCC3)cc(C(=O)NCC(C)(C)C)n1CC2. The maximum absolute atomic E-state index is 13.2.